The molecule has 0 bridgehead atoms. The fraction of sp³-hybridized carbons (Fsp3) is 1.00. The van der Waals surface area contributed by atoms with Crippen molar-refractivity contribution in [1.29, 1.82) is 0 Å². The molecule has 10 heavy (non-hydrogen) atoms. The first-order valence-corrected chi connectivity index (χ1v) is 4.67. The van der Waals surface area contributed by atoms with Gasteiger partial charge in [-0.15, -0.1) is 0 Å². The van der Waals surface area contributed by atoms with Gasteiger partial charge in [0.2, 0.25) is 0 Å². The third-order valence-electron chi connectivity index (χ3n) is 2.22. The lowest BCUT2D eigenvalue weighted by Gasteiger charge is -2.26. The van der Waals surface area contributed by atoms with Gasteiger partial charge < -0.3 is 0 Å². The van der Waals surface area contributed by atoms with E-state index in [0.29, 0.717) is 0 Å². The Hall–Kier alpha value is 0.415. The summed E-state index contributed by atoms with van der Waals surface area (Å²) in [6.07, 6.45) is 8.80. The summed E-state index contributed by atoms with van der Waals surface area (Å²) in [5.41, 5.74) is 0. The van der Waals surface area contributed by atoms with E-state index in [0.717, 1.165) is 12.8 Å². The molecule has 0 spiro atoms. The van der Waals surface area contributed by atoms with Crippen LogP contribution in [0.1, 0.15) is 44.9 Å². The fourth-order valence-electron chi connectivity index (χ4n) is 1.52. The summed E-state index contributed by atoms with van der Waals surface area (Å²) in [6, 6.07) is 0. The van der Waals surface area contributed by atoms with E-state index in [2.05, 4.69) is 12.6 Å². The van der Waals surface area contributed by atoms with Crippen LogP contribution in [0.4, 0.5) is 0 Å². The minimum Gasteiger partial charge on any atom is -0.182 e. The van der Waals surface area contributed by atoms with Crippen LogP contribution in [0.3, 0.4) is 0 Å². The highest BCUT2D eigenvalue weighted by Gasteiger charge is 2.18. The summed E-state index contributed by atoms with van der Waals surface area (Å²) in [5.74, 6) is 0. The Bertz CT molecular complexity index is 91.4. The van der Waals surface area contributed by atoms with Crippen LogP contribution in [0.25, 0.3) is 0 Å². The Balaban J connectivity index is 2.30. The molecule has 1 fully saturated rings. The zero-order valence-corrected chi connectivity index (χ0v) is 7.37. The van der Waals surface area contributed by atoms with Gasteiger partial charge in [-0.25, -0.2) is 0 Å². The van der Waals surface area contributed by atoms with Gasteiger partial charge in [0.1, 0.15) is 0 Å². The summed E-state index contributed by atoms with van der Waals surface area (Å²) in [4.78, 5) is 0. The van der Waals surface area contributed by atoms with Crippen LogP contribution >= 0.6 is 12.6 Å². The van der Waals surface area contributed by atoms with Gasteiger partial charge in [-0.2, -0.15) is 12.6 Å². The molecule has 0 nitrogen and oxygen atoms in total. The first-order chi connectivity index (χ1) is 4.71. The van der Waals surface area contributed by atoms with Gasteiger partial charge in [0.05, 0.1) is 7.85 Å². The Morgan fingerprint density at radius 3 is 1.80 bits per heavy atom. The molecule has 0 aliphatic heterocycles. The highest BCUT2D eigenvalue weighted by Crippen LogP contribution is 2.28. The predicted molar refractivity (Wildman–Crippen MR) is 49.8 cm³/mol. The Morgan fingerprint density at radius 1 is 0.900 bits per heavy atom. The third kappa shape index (κ3) is 3.00. The van der Waals surface area contributed by atoms with Gasteiger partial charge in [0, 0.05) is 0 Å². The van der Waals surface area contributed by atoms with Crippen LogP contribution in [0, 0.1) is 0 Å². The van der Waals surface area contributed by atoms with E-state index in [1.165, 1.54) is 32.1 Å². The molecule has 0 amide bonds. The standard InChI is InChI=1S/C8H15BS/c9-8(10)6-4-2-1-3-5-7-8/h10H,1-7H2. The average Bonchev–Trinajstić information content (AvgIpc) is 1.81. The van der Waals surface area contributed by atoms with E-state index in [1.54, 1.807) is 0 Å². The number of rotatable bonds is 0. The van der Waals surface area contributed by atoms with E-state index in [9.17, 15) is 0 Å². The second-order valence-electron chi connectivity index (χ2n) is 3.37. The van der Waals surface area contributed by atoms with Gasteiger partial charge >= 0.3 is 0 Å². The largest absolute Gasteiger partial charge is 0.182 e. The quantitative estimate of drug-likeness (QED) is 0.402. The second kappa shape index (κ2) is 3.70. The van der Waals surface area contributed by atoms with Crippen molar-refractivity contribution in [1.82, 2.24) is 0 Å². The van der Waals surface area contributed by atoms with Crippen LogP contribution in [0.2, 0.25) is 0 Å². The maximum atomic E-state index is 5.91. The van der Waals surface area contributed by atoms with Crippen LogP contribution in [0.15, 0.2) is 0 Å². The van der Waals surface area contributed by atoms with E-state index in [-0.39, 0.29) is 4.65 Å². The minimum absolute atomic E-state index is 0.152. The average molecular weight is 154 g/mol. The molecule has 2 radical (unpaired) electrons. The van der Waals surface area contributed by atoms with Crippen molar-refractivity contribution < 1.29 is 0 Å². The maximum Gasteiger partial charge on any atom is 0.0889 e. The van der Waals surface area contributed by atoms with Crippen LogP contribution < -0.4 is 0 Å². The molecule has 0 heterocycles. The SMILES string of the molecule is [B]C1(S)CCCCCCC1. The Labute approximate surface area is 70.6 Å². The van der Waals surface area contributed by atoms with Crippen molar-refractivity contribution in [3.8, 4) is 0 Å². The minimum atomic E-state index is -0.152. The predicted octanol–water partition coefficient (Wildman–Crippen LogP) is 2.53. The van der Waals surface area contributed by atoms with Gasteiger partial charge in [-0.05, 0) is 17.5 Å². The van der Waals surface area contributed by atoms with E-state index < -0.39 is 0 Å². The van der Waals surface area contributed by atoms with Crippen molar-refractivity contribution in [3.05, 3.63) is 0 Å². The normalized spacial score (nSPS) is 26.9. The summed E-state index contributed by atoms with van der Waals surface area (Å²) < 4.78 is -0.152. The molecule has 0 aromatic rings. The molecular formula is C8H15BS. The highest BCUT2D eigenvalue weighted by atomic mass is 32.1. The highest BCUT2D eigenvalue weighted by molar-refractivity contribution is 7.83. The van der Waals surface area contributed by atoms with Gasteiger partial charge in [0.15, 0.2) is 0 Å². The summed E-state index contributed by atoms with van der Waals surface area (Å²) in [7, 11) is 5.91. The molecule has 56 valence electrons. The van der Waals surface area contributed by atoms with Crippen LogP contribution in [0.5, 0.6) is 0 Å². The van der Waals surface area contributed by atoms with Crippen molar-refractivity contribution in [2.24, 2.45) is 0 Å². The van der Waals surface area contributed by atoms with E-state index in [4.69, 9.17) is 7.85 Å². The Morgan fingerprint density at radius 2 is 1.30 bits per heavy atom. The molecule has 0 aromatic carbocycles. The molecule has 1 aliphatic carbocycles. The molecule has 0 unspecified atom stereocenters. The lowest BCUT2D eigenvalue weighted by Crippen LogP contribution is -2.22. The van der Waals surface area contributed by atoms with Crippen molar-refractivity contribution in [2.75, 3.05) is 0 Å². The molecule has 0 aromatic heterocycles. The summed E-state index contributed by atoms with van der Waals surface area (Å²) in [5, 5.41) is 0. The molecule has 1 rings (SSSR count). The summed E-state index contributed by atoms with van der Waals surface area (Å²) in [6.45, 7) is 0. The zero-order chi connectivity index (χ0) is 7.45. The smallest absolute Gasteiger partial charge is 0.0889 e. The lowest BCUT2D eigenvalue weighted by molar-refractivity contribution is 0.490. The second-order valence-corrected chi connectivity index (χ2v) is 4.26. The van der Waals surface area contributed by atoms with Crippen LogP contribution in [-0.2, 0) is 0 Å². The molecule has 2 heteroatoms. The molecular weight excluding hydrogens is 139 g/mol. The first kappa shape index (κ1) is 8.51. The first-order valence-electron chi connectivity index (χ1n) is 4.22. The van der Waals surface area contributed by atoms with Crippen molar-refractivity contribution >= 4 is 20.5 Å². The maximum absolute atomic E-state index is 5.91. The molecule has 0 atom stereocenters. The molecule has 0 saturated heterocycles. The topological polar surface area (TPSA) is 0 Å². The van der Waals surface area contributed by atoms with E-state index in [1.807, 2.05) is 0 Å². The van der Waals surface area contributed by atoms with Gasteiger partial charge in [-0.3, -0.25) is 0 Å². The molecule has 1 saturated carbocycles. The Kier molecular flexibility index (Phi) is 3.15. The summed E-state index contributed by atoms with van der Waals surface area (Å²) >= 11 is 4.41. The molecule has 0 N–H and O–H groups in total. The van der Waals surface area contributed by atoms with Gasteiger partial charge in [-0.1, -0.05) is 32.1 Å². The number of thiol groups is 1. The third-order valence-corrected chi connectivity index (χ3v) is 2.67. The number of hydrogen-bond acceptors (Lipinski definition) is 1. The van der Waals surface area contributed by atoms with Gasteiger partial charge in [0.25, 0.3) is 0 Å². The van der Waals surface area contributed by atoms with Crippen LogP contribution in [-0.4, -0.2) is 12.5 Å². The number of hydrogen-bond donors (Lipinski definition) is 1. The fourth-order valence-corrected chi connectivity index (χ4v) is 1.83. The molecule has 1 aliphatic rings. The van der Waals surface area contributed by atoms with E-state index >= 15 is 0 Å². The zero-order valence-electron chi connectivity index (χ0n) is 6.47. The lowest BCUT2D eigenvalue weighted by atomic mass is 9.76. The van der Waals surface area contributed by atoms with Crippen molar-refractivity contribution in [3.63, 3.8) is 0 Å². The van der Waals surface area contributed by atoms with Crippen molar-refractivity contribution in [2.45, 2.75) is 49.6 Å². The monoisotopic (exact) mass is 154 g/mol.